The van der Waals surface area contributed by atoms with Crippen LogP contribution in [0.2, 0.25) is 0 Å². The lowest BCUT2D eigenvalue weighted by Crippen LogP contribution is -2.32. The molecule has 146 valence electrons. The molecule has 1 saturated heterocycles. The van der Waals surface area contributed by atoms with Crippen molar-refractivity contribution in [2.45, 2.75) is 25.6 Å². The van der Waals surface area contributed by atoms with E-state index in [0.29, 0.717) is 6.61 Å². The van der Waals surface area contributed by atoms with Crippen LogP contribution in [-0.2, 0) is 14.4 Å². The van der Waals surface area contributed by atoms with Gasteiger partial charge < -0.3 is 9.47 Å². The molecule has 0 aromatic heterocycles. The molecule has 1 unspecified atom stereocenters. The van der Waals surface area contributed by atoms with Crippen molar-refractivity contribution in [3.8, 4) is 16.9 Å². The first-order valence-corrected chi connectivity index (χ1v) is 9.41. The molecule has 1 aliphatic rings. The molecule has 0 spiro atoms. The Kier molecular flexibility index (Phi) is 7.41. The highest BCUT2D eigenvalue weighted by Crippen LogP contribution is 2.23. The van der Waals surface area contributed by atoms with Crippen LogP contribution in [0, 0.1) is 0 Å². The normalized spacial score (nSPS) is 17.1. The van der Waals surface area contributed by atoms with Gasteiger partial charge in [0.2, 0.25) is 0 Å². The molecule has 1 fully saturated rings. The minimum absolute atomic E-state index is 0.311. The Morgan fingerprint density at radius 3 is 2.39 bits per heavy atom. The van der Waals surface area contributed by atoms with Crippen LogP contribution >= 0.6 is 0 Å². The fourth-order valence-corrected chi connectivity index (χ4v) is 2.84. The van der Waals surface area contributed by atoms with Gasteiger partial charge in [0.1, 0.15) is 5.75 Å². The van der Waals surface area contributed by atoms with Gasteiger partial charge in [0.25, 0.3) is 5.91 Å². The van der Waals surface area contributed by atoms with Crippen molar-refractivity contribution in [3.05, 3.63) is 72.3 Å². The lowest BCUT2D eigenvalue weighted by Gasteiger charge is -2.21. The van der Waals surface area contributed by atoms with Gasteiger partial charge >= 0.3 is 0 Å². The molecule has 0 saturated carbocycles. The monoisotopic (exact) mass is 379 g/mol. The van der Waals surface area contributed by atoms with Crippen molar-refractivity contribution in [2.24, 2.45) is 0 Å². The standard InChI is InChI=1S/C23H25NO4/c1-26-21-15-13-20(14-16-21)19-11-9-18(10-12-19)6-2-3-7-22(25)24-28-23-8-4-5-17-27-23/h2-3,6-7,9-16,23H,4-5,8,17H2,1H3,(H,24,25)/b6-2+,7-3+. The summed E-state index contributed by atoms with van der Waals surface area (Å²) in [4.78, 5) is 16.9. The number of nitrogens with one attached hydrogen (secondary N) is 1. The van der Waals surface area contributed by atoms with Gasteiger partial charge in [-0.15, -0.1) is 0 Å². The van der Waals surface area contributed by atoms with E-state index in [9.17, 15) is 4.79 Å². The van der Waals surface area contributed by atoms with Crippen LogP contribution < -0.4 is 10.2 Å². The summed E-state index contributed by atoms with van der Waals surface area (Å²) in [7, 11) is 1.66. The topological polar surface area (TPSA) is 56.8 Å². The van der Waals surface area contributed by atoms with E-state index in [1.165, 1.54) is 6.08 Å². The predicted molar refractivity (Wildman–Crippen MR) is 109 cm³/mol. The summed E-state index contributed by atoms with van der Waals surface area (Å²) in [5.41, 5.74) is 5.71. The van der Waals surface area contributed by atoms with Gasteiger partial charge in [-0.3, -0.25) is 4.79 Å². The Labute approximate surface area is 165 Å². The van der Waals surface area contributed by atoms with E-state index in [0.717, 1.165) is 41.7 Å². The van der Waals surface area contributed by atoms with Gasteiger partial charge in [0.15, 0.2) is 6.29 Å². The molecule has 28 heavy (non-hydrogen) atoms. The predicted octanol–water partition coefficient (Wildman–Crippen LogP) is 4.51. The highest BCUT2D eigenvalue weighted by atomic mass is 16.8. The molecule has 0 bridgehead atoms. The zero-order chi connectivity index (χ0) is 19.6. The molecule has 2 aromatic rings. The minimum atomic E-state index is -0.342. The van der Waals surface area contributed by atoms with Crippen molar-refractivity contribution in [3.63, 3.8) is 0 Å². The van der Waals surface area contributed by atoms with Crippen LogP contribution in [0.15, 0.2) is 66.8 Å². The Morgan fingerprint density at radius 1 is 1.04 bits per heavy atom. The number of methoxy groups -OCH3 is 1. The third kappa shape index (κ3) is 6.08. The first-order valence-electron chi connectivity index (χ1n) is 9.41. The fourth-order valence-electron chi connectivity index (χ4n) is 2.84. The second-order valence-corrected chi connectivity index (χ2v) is 6.45. The lowest BCUT2D eigenvalue weighted by molar-refractivity contribution is -0.198. The third-order valence-corrected chi connectivity index (χ3v) is 4.41. The Hall–Kier alpha value is -2.89. The van der Waals surface area contributed by atoms with Crippen molar-refractivity contribution in [1.82, 2.24) is 5.48 Å². The largest absolute Gasteiger partial charge is 0.497 e. The molecule has 1 amide bonds. The number of amides is 1. The number of hydrogen-bond donors (Lipinski definition) is 1. The van der Waals surface area contributed by atoms with E-state index in [1.807, 2.05) is 48.6 Å². The first kappa shape index (κ1) is 19.9. The molecular formula is C23H25NO4. The van der Waals surface area contributed by atoms with E-state index < -0.39 is 0 Å². The van der Waals surface area contributed by atoms with E-state index in [2.05, 4.69) is 17.6 Å². The zero-order valence-electron chi connectivity index (χ0n) is 16.0. The van der Waals surface area contributed by atoms with Crippen molar-refractivity contribution in [2.75, 3.05) is 13.7 Å². The van der Waals surface area contributed by atoms with E-state index >= 15 is 0 Å². The first-order chi connectivity index (χ1) is 13.7. The lowest BCUT2D eigenvalue weighted by atomic mass is 10.0. The van der Waals surface area contributed by atoms with E-state index in [-0.39, 0.29) is 12.2 Å². The molecule has 2 aromatic carbocycles. The average molecular weight is 379 g/mol. The summed E-state index contributed by atoms with van der Waals surface area (Å²) >= 11 is 0. The summed E-state index contributed by atoms with van der Waals surface area (Å²) in [5.74, 6) is 0.532. The fraction of sp³-hybridized carbons (Fsp3) is 0.261. The minimum Gasteiger partial charge on any atom is -0.497 e. The van der Waals surface area contributed by atoms with E-state index in [4.69, 9.17) is 14.3 Å². The smallest absolute Gasteiger partial charge is 0.267 e. The van der Waals surface area contributed by atoms with Gasteiger partial charge in [-0.1, -0.05) is 54.6 Å². The van der Waals surface area contributed by atoms with Crippen LogP contribution in [0.25, 0.3) is 17.2 Å². The number of hydrogen-bond acceptors (Lipinski definition) is 4. The van der Waals surface area contributed by atoms with Crippen LogP contribution in [0.5, 0.6) is 5.75 Å². The SMILES string of the molecule is COc1ccc(-c2ccc(/C=C/C=C/C(=O)NOC3CCCCO3)cc2)cc1. The highest BCUT2D eigenvalue weighted by Gasteiger charge is 2.14. The Balaban J connectivity index is 1.46. The number of carbonyl (C=O) groups excluding carboxylic acids is 1. The van der Waals surface area contributed by atoms with Gasteiger partial charge in [0.05, 0.1) is 7.11 Å². The van der Waals surface area contributed by atoms with Crippen LogP contribution in [0.4, 0.5) is 0 Å². The third-order valence-electron chi connectivity index (χ3n) is 4.41. The second-order valence-electron chi connectivity index (χ2n) is 6.45. The molecule has 0 aliphatic carbocycles. The maximum Gasteiger partial charge on any atom is 0.267 e. The molecule has 1 heterocycles. The van der Waals surface area contributed by atoms with Crippen LogP contribution in [-0.4, -0.2) is 25.9 Å². The average Bonchev–Trinajstić information content (AvgIpc) is 2.76. The summed E-state index contributed by atoms with van der Waals surface area (Å²) in [5, 5.41) is 0. The number of benzene rings is 2. The van der Waals surface area contributed by atoms with Crippen molar-refractivity contribution < 1.29 is 19.1 Å². The quantitative estimate of drug-likeness (QED) is 0.437. The van der Waals surface area contributed by atoms with Crippen LogP contribution in [0.3, 0.4) is 0 Å². The number of allylic oxidation sites excluding steroid dienone is 2. The van der Waals surface area contributed by atoms with Gasteiger partial charge in [-0.25, -0.2) is 10.3 Å². The maximum atomic E-state index is 11.7. The molecule has 3 rings (SSSR count). The number of hydroxylamine groups is 1. The molecule has 1 N–H and O–H groups in total. The summed E-state index contributed by atoms with van der Waals surface area (Å²) in [6.45, 7) is 0.677. The molecular weight excluding hydrogens is 354 g/mol. The zero-order valence-corrected chi connectivity index (χ0v) is 16.0. The number of carbonyl (C=O) groups is 1. The summed E-state index contributed by atoms with van der Waals surface area (Å²) in [6.07, 6.45) is 9.41. The molecule has 1 atom stereocenters. The summed E-state index contributed by atoms with van der Waals surface area (Å²) < 4.78 is 10.6. The molecule has 1 aliphatic heterocycles. The Bertz CT molecular complexity index is 804. The second kappa shape index (κ2) is 10.4. The van der Waals surface area contributed by atoms with Crippen molar-refractivity contribution in [1.29, 1.82) is 0 Å². The van der Waals surface area contributed by atoms with Gasteiger partial charge in [0, 0.05) is 19.1 Å². The van der Waals surface area contributed by atoms with E-state index in [1.54, 1.807) is 13.2 Å². The molecule has 5 nitrogen and oxygen atoms in total. The maximum absolute atomic E-state index is 11.7. The Morgan fingerprint density at radius 2 is 1.75 bits per heavy atom. The molecule has 5 heteroatoms. The number of rotatable bonds is 7. The highest BCUT2D eigenvalue weighted by molar-refractivity contribution is 5.87. The van der Waals surface area contributed by atoms with Crippen LogP contribution in [0.1, 0.15) is 24.8 Å². The molecule has 0 radical (unpaired) electrons. The van der Waals surface area contributed by atoms with Gasteiger partial charge in [-0.2, -0.15) is 0 Å². The van der Waals surface area contributed by atoms with Gasteiger partial charge in [-0.05, 0) is 41.7 Å². The summed E-state index contributed by atoms with van der Waals surface area (Å²) in [6, 6.07) is 16.2. The van der Waals surface area contributed by atoms with Crippen molar-refractivity contribution >= 4 is 12.0 Å². The number of ether oxygens (including phenoxy) is 2.